The van der Waals surface area contributed by atoms with Gasteiger partial charge in [0.25, 0.3) is 0 Å². The van der Waals surface area contributed by atoms with Gasteiger partial charge in [-0.2, -0.15) is 0 Å². The first kappa shape index (κ1) is 71.1. The van der Waals surface area contributed by atoms with Gasteiger partial charge >= 0.3 is 0 Å². The number of ketones is 2. The molecule has 0 unspecified atom stereocenters. The van der Waals surface area contributed by atoms with E-state index in [1.165, 1.54) is 154 Å². The molecule has 0 saturated carbocycles. The van der Waals surface area contributed by atoms with Crippen molar-refractivity contribution in [1.82, 2.24) is 0 Å². The molecule has 462 valence electrons. The molecule has 3 rings (SSSR count). The van der Waals surface area contributed by atoms with Crippen LogP contribution in [0.1, 0.15) is 293 Å². The van der Waals surface area contributed by atoms with E-state index in [1.807, 2.05) is 48.5 Å². The zero-order valence-corrected chi connectivity index (χ0v) is 52.9. The Morgan fingerprint density at radius 3 is 0.768 bits per heavy atom. The highest BCUT2D eigenvalue weighted by molar-refractivity contribution is 6.06. The van der Waals surface area contributed by atoms with Crippen LogP contribution in [0.2, 0.25) is 0 Å². The van der Waals surface area contributed by atoms with Crippen LogP contribution >= 0.6 is 0 Å². The van der Waals surface area contributed by atoms with Crippen LogP contribution in [0.25, 0.3) is 0 Å². The molecule has 0 bridgehead atoms. The van der Waals surface area contributed by atoms with E-state index in [0.717, 1.165) is 77.0 Å². The van der Waals surface area contributed by atoms with Gasteiger partial charge in [-0.3, -0.25) is 9.59 Å². The Hall–Kier alpha value is -5.12. The SMILES string of the molecule is CCCCCCCCOc1ccc(C(=O)/C=C\Nc2cc(OCCCCCCCC)c(OCCCCCCCC)cc2N/C=C\C(=O)c2ccc(OCCCCCCCC)c(OCCCCCCCC)c2)cc1OCCCCCCCC. The van der Waals surface area contributed by atoms with Gasteiger partial charge in [-0.25, -0.2) is 0 Å². The third-order valence-corrected chi connectivity index (χ3v) is 15.0. The molecule has 3 aromatic rings. The Bertz CT molecular complexity index is 1990. The summed E-state index contributed by atoms with van der Waals surface area (Å²) in [4.78, 5) is 27.9. The van der Waals surface area contributed by atoms with Crippen molar-refractivity contribution in [3.8, 4) is 34.5 Å². The number of unbranched alkanes of at least 4 members (excludes halogenated alkanes) is 30. The van der Waals surface area contributed by atoms with Gasteiger partial charge in [-0.05, 0) is 74.9 Å². The average molecular weight is 1140 g/mol. The molecule has 0 heterocycles. The van der Waals surface area contributed by atoms with Crippen LogP contribution in [0.15, 0.2) is 73.1 Å². The maximum Gasteiger partial charge on any atom is 0.187 e. The second-order valence-corrected chi connectivity index (χ2v) is 22.5. The second-order valence-electron chi connectivity index (χ2n) is 22.5. The highest BCUT2D eigenvalue weighted by atomic mass is 16.5. The summed E-state index contributed by atoms with van der Waals surface area (Å²) in [5.74, 6) is 3.47. The Morgan fingerprint density at radius 1 is 0.293 bits per heavy atom. The molecule has 2 N–H and O–H groups in total. The molecule has 0 aliphatic heterocycles. The van der Waals surface area contributed by atoms with Crippen molar-refractivity contribution >= 4 is 22.9 Å². The maximum atomic E-state index is 14.0. The molecular weight excluding hydrogens is 1020 g/mol. The zero-order valence-electron chi connectivity index (χ0n) is 52.9. The lowest BCUT2D eigenvalue weighted by Crippen LogP contribution is -2.06. The number of rotatable bonds is 56. The van der Waals surface area contributed by atoms with Crippen LogP contribution in [0, 0.1) is 0 Å². The number of carbonyl (C=O) groups is 2. The van der Waals surface area contributed by atoms with E-state index in [4.69, 9.17) is 28.4 Å². The van der Waals surface area contributed by atoms with Gasteiger partial charge in [-0.1, -0.05) is 234 Å². The number of ether oxygens (including phenoxy) is 6. The second kappa shape index (κ2) is 49.3. The number of nitrogens with one attached hydrogen (secondary N) is 2. The van der Waals surface area contributed by atoms with Crippen molar-refractivity contribution in [2.24, 2.45) is 0 Å². The van der Waals surface area contributed by atoms with Crippen molar-refractivity contribution in [2.75, 3.05) is 50.3 Å². The van der Waals surface area contributed by atoms with Crippen LogP contribution in [0.5, 0.6) is 34.5 Å². The lowest BCUT2D eigenvalue weighted by Gasteiger charge is -2.18. The van der Waals surface area contributed by atoms with Crippen molar-refractivity contribution in [3.63, 3.8) is 0 Å². The lowest BCUT2D eigenvalue weighted by atomic mass is 10.1. The van der Waals surface area contributed by atoms with Gasteiger partial charge in [-0.15, -0.1) is 0 Å². The minimum Gasteiger partial charge on any atom is -0.490 e. The maximum absolute atomic E-state index is 14.0. The van der Waals surface area contributed by atoms with Gasteiger partial charge in [0.2, 0.25) is 0 Å². The molecule has 0 fully saturated rings. The fourth-order valence-electron chi connectivity index (χ4n) is 9.80. The number of carbonyl (C=O) groups excluding carboxylic acids is 2. The number of anilines is 2. The van der Waals surface area contributed by atoms with Gasteiger partial charge < -0.3 is 39.1 Å². The summed E-state index contributed by atoms with van der Waals surface area (Å²) in [5, 5.41) is 6.79. The van der Waals surface area contributed by atoms with E-state index in [2.05, 4.69) is 52.2 Å². The van der Waals surface area contributed by atoms with Gasteiger partial charge in [0, 0.05) is 47.8 Å². The van der Waals surface area contributed by atoms with E-state index >= 15 is 0 Å². The minimum absolute atomic E-state index is 0.174. The molecular formula is C72H116N2O8. The zero-order chi connectivity index (χ0) is 58.8. The van der Waals surface area contributed by atoms with Crippen LogP contribution < -0.4 is 39.1 Å². The van der Waals surface area contributed by atoms with E-state index < -0.39 is 0 Å². The fraction of sp³-hybridized carbons (Fsp3) is 0.667. The van der Waals surface area contributed by atoms with E-state index in [-0.39, 0.29) is 11.6 Å². The van der Waals surface area contributed by atoms with Gasteiger partial charge in [0.15, 0.2) is 46.1 Å². The molecule has 0 aliphatic carbocycles. The van der Waals surface area contributed by atoms with Crippen molar-refractivity contribution < 1.29 is 38.0 Å². The molecule has 82 heavy (non-hydrogen) atoms. The van der Waals surface area contributed by atoms with E-state index in [0.29, 0.717) is 96.6 Å². The summed E-state index contributed by atoms with van der Waals surface area (Å²) in [7, 11) is 0. The quantitative estimate of drug-likeness (QED) is 0.0322. The van der Waals surface area contributed by atoms with Crippen LogP contribution in [0.4, 0.5) is 11.4 Å². The Kier molecular flexibility index (Phi) is 42.8. The summed E-state index contributed by atoms with van der Waals surface area (Å²) >= 11 is 0. The first-order chi connectivity index (χ1) is 40.4. The third-order valence-electron chi connectivity index (χ3n) is 15.0. The van der Waals surface area contributed by atoms with Crippen LogP contribution in [-0.2, 0) is 0 Å². The minimum atomic E-state index is -0.174. The van der Waals surface area contributed by atoms with Crippen molar-refractivity contribution in [1.29, 1.82) is 0 Å². The molecule has 10 nitrogen and oxygen atoms in total. The molecule has 0 aliphatic rings. The van der Waals surface area contributed by atoms with Crippen molar-refractivity contribution in [3.05, 3.63) is 84.2 Å². The normalized spacial score (nSPS) is 11.4. The molecule has 10 heteroatoms. The Labute approximate surface area is 500 Å². The first-order valence-electron chi connectivity index (χ1n) is 33.6. The fourth-order valence-corrected chi connectivity index (χ4v) is 9.80. The number of hydrogen-bond donors (Lipinski definition) is 2. The standard InChI is InChI=1S/C72H116N2O8/c1-7-13-19-25-31-37-51-77-67-45-43-61(57-69(67)79-53-39-33-27-21-15-9-3)65(75)47-49-73-63-59-71(81-55-41-35-29-23-17-11-5)72(82-56-42-36-30-24-18-12-6)60-64(63)74-50-48-66(76)62-44-46-68(78-52-38-32-26-20-14-8-2)70(58-62)80-54-40-34-28-22-16-10-4/h43-50,57-60,73-74H,7-42,51-56H2,1-6H3/b49-47-,50-48-. The first-order valence-corrected chi connectivity index (χ1v) is 33.6. The molecule has 3 aromatic carbocycles. The van der Waals surface area contributed by atoms with Crippen LogP contribution in [-0.4, -0.2) is 51.2 Å². The highest BCUT2D eigenvalue weighted by Crippen LogP contribution is 2.38. The predicted octanol–water partition coefficient (Wildman–Crippen LogP) is 21.7. The third kappa shape index (κ3) is 33.2. The summed E-state index contributed by atoms with van der Waals surface area (Å²) in [5.41, 5.74) is 2.34. The van der Waals surface area contributed by atoms with E-state index in [1.54, 1.807) is 24.6 Å². The molecule has 0 aromatic heterocycles. The monoisotopic (exact) mass is 1140 g/mol. The summed E-state index contributed by atoms with van der Waals surface area (Å²) in [6.07, 6.45) is 48.4. The molecule has 0 spiro atoms. The average Bonchev–Trinajstić information content (AvgIpc) is 3.50. The predicted molar refractivity (Wildman–Crippen MR) is 347 cm³/mol. The summed E-state index contributed by atoms with van der Waals surface area (Å²) in [6, 6.07) is 14.9. The largest absolute Gasteiger partial charge is 0.490 e. The lowest BCUT2D eigenvalue weighted by molar-refractivity contribution is 0.103. The van der Waals surface area contributed by atoms with Gasteiger partial charge in [0.1, 0.15) is 0 Å². The summed E-state index contributed by atoms with van der Waals surface area (Å²) in [6.45, 7) is 16.9. The van der Waals surface area contributed by atoms with E-state index in [9.17, 15) is 9.59 Å². The Morgan fingerprint density at radius 2 is 0.512 bits per heavy atom. The van der Waals surface area contributed by atoms with Gasteiger partial charge in [0.05, 0.1) is 51.0 Å². The number of hydrogen-bond acceptors (Lipinski definition) is 10. The number of allylic oxidation sites excluding steroid dienone is 2. The van der Waals surface area contributed by atoms with Crippen molar-refractivity contribution in [2.45, 2.75) is 273 Å². The highest BCUT2D eigenvalue weighted by Gasteiger charge is 2.16. The van der Waals surface area contributed by atoms with Crippen LogP contribution in [0.3, 0.4) is 0 Å². The Balaban J connectivity index is 1.92. The molecule has 0 amide bonds. The topological polar surface area (TPSA) is 114 Å². The molecule has 0 radical (unpaired) electrons. The smallest absolute Gasteiger partial charge is 0.187 e. The number of benzene rings is 3. The molecule has 0 atom stereocenters. The summed E-state index contributed by atoms with van der Waals surface area (Å²) < 4.78 is 38.3. The molecule has 0 saturated heterocycles.